The second kappa shape index (κ2) is 6.20. The molecule has 3 heteroatoms. The van der Waals surface area contributed by atoms with Crippen LogP contribution in [0, 0.1) is 5.92 Å². The number of rotatable bonds is 6. The fourth-order valence-corrected chi connectivity index (χ4v) is 2.76. The van der Waals surface area contributed by atoms with E-state index in [2.05, 4.69) is 43.0 Å². The molecule has 1 aromatic rings. The van der Waals surface area contributed by atoms with Crippen LogP contribution in [0.25, 0.3) is 0 Å². The molecule has 0 bridgehead atoms. The summed E-state index contributed by atoms with van der Waals surface area (Å²) in [5, 5.41) is 8.75. The molecule has 2 rings (SSSR count). The molecule has 1 saturated heterocycles. The first-order valence-electron chi connectivity index (χ1n) is 7.14. The molecule has 0 aromatic heterocycles. The first-order chi connectivity index (χ1) is 9.10. The van der Waals surface area contributed by atoms with Gasteiger partial charge in [-0.1, -0.05) is 37.6 Å². The quantitative estimate of drug-likeness (QED) is 0.855. The van der Waals surface area contributed by atoms with Gasteiger partial charge in [0.05, 0.1) is 6.42 Å². The summed E-state index contributed by atoms with van der Waals surface area (Å²) in [6.07, 6.45) is 2.62. The minimum Gasteiger partial charge on any atom is -0.481 e. The van der Waals surface area contributed by atoms with Crippen LogP contribution in [0.1, 0.15) is 43.9 Å². The largest absolute Gasteiger partial charge is 0.481 e. The first-order valence-corrected chi connectivity index (χ1v) is 7.14. The number of carbonyl (C=O) groups is 1. The van der Waals surface area contributed by atoms with Crippen molar-refractivity contribution in [3.8, 4) is 0 Å². The Labute approximate surface area is 115 Å². The molecule has 1 heterocycles. The van der Waals surface area contributed by atoms with E-state index in [1.54, 1.807) is 0 Å². The van der Waals surface area contributed by atoms with Gasteiger partial charge in [-0.2, -0.15) is 0 Å². The molecule has 104 valence electrons. The van der Waals surface area contributed by atoms with Crippen molar-refractivity contribution in [2.45, 2.75) is 39.2 Å². The van der Waals surface area contributed by atoms with Gasteiger partial charge in [0.2, 0.25) is 0 Å². The van der Waals surface area contributed by atoms with Crippen LogP contribution in [0.3, 0.4) is 0 Å². The third kappa shape index (κ3) is 3.57. The van der Waals surface area contributed by atoms with E-state index >= 15 is 0 Å². The van der Waals surface area contributed by atoms with Crippen LogP contribution in [-0.4, -0.2) is 29.1 Å². The highest BCUT2D eigenvalue weighted by molar-refractivity contribution is 5.67. The lowest BCUT2D eigenvalue weighted by Crippen LogP contribution is -2.48. The Balaban J connectivity index is 1.87. The molecule has 0 radical (unpaired) electrons. The summed E-state index contributed by atoms with van der Waals surface area (Å²) in [4.78, 5) is 13.0. The summed E-state index contributed by atoms with van der Waals surface area (Å²) >= 11 is 0. The Morgan fingerprint density at radius 3 is 2.53 bits per heavy atom. The molecular weight excluding hydrogens is 238 g/mol. The molecular formula is C16H23NO2. The Hall–Kier alpha value is -1.35. The maximum atomic E-state index is 10.6. The fourth-order valence-electron chi connectivity index (χ4n) is 2.76. The molecule has 0 aliphatic carbocycles. The first kappa shape index (κ1) is 14.1. The zero-order valence-corrected chi connectivity index (χ0v) is 11.8. The number of aliphatic carboxylic acids is 1. The van der Waals surface area contributed by atoms with E-state index in [-0.39, 0.29) is 0 Å². The maximum Gasteiger partial charge on any atom is 0.303 e. The molecule has 1 atom stereocenters. The average molecular weight is 261 g/mol. The number of hydrogen-bond donors (Lipinski definition) is 1. The number of likely N-dealkylation sites (tertiary alicyclic amines) is 1. The van der Waals surface area contributed by atoms with Crippen LogP contribution in [0.5, 0.6) is 0 Å². The van der Waals surface area contributed by atoms with Crippen LogP contribution in [-0.2, 0) is 11.2 Å². The molecule has 0 saturated carbocycles. The van der Waals surface area contributed by atoms with Gasteiger partial charge in [0.25, 0.3) is 0 Å². The summed E-state index contributed by atoms with van der Waals surface area (Å²) in [5.74, 6) is -0.347. The van der Waals surface area contributed by atoms with Crippen LogP contribution in [0.2, 0.25) is 0 Å². The predicted molar refractivity (Wildman–Crippen MR) is 76.2 cm³/mol. The van der Waals surface area contributed by atoms with Gasteiger partial charge in [0.1, 0.15) is 0 Å². The lowest BCUT2D eigenvalue weighted by Gasteiger charge is -2.43. The van der Waals surface area contributed by atoms with Crippen LogP contribution in [0.4, 0.5) is 0 Å². The van der Waals surface area contributed by atoms with Gasteiger partial charge in [-0.05, 0) is 30.4 Å². The highest BCUT2D eigenvalue weighted by Gasteiger charge is 2.32. The van der Waals surface area contributed by atoms with Crippen molar-refractivity contribution < 1.29 is 9.90 Å². The van der Waals surface area contributed by atoms with Gasteiger partial charge in [0, 0.05) is 19.1 Å². The summed E-state index contributed by atoms with van der Waals surface area (Å²) < 4.78 is 0. The van der Waals surface area contributed by atoms with Gasteiger partial charge in [0.15, 0.2) is 0 Å². The van der Waals surface area contributed by atoms with E-state index in [1.807, 2.05) is 0 Å². The van der Waals surface area contributed by atoms with Gasteiger partial charge in [-0.3, -0.25) is 9.69 Å². The lowest BCUT2D eigenvalue weighted by molar-refractivity contribution is -0.139. The molecule has 1 unspecified atom stereocenters. The second-order valence-electron chi connectivity index (χ2n) is 5.59. The van der Waals surface area contributed by atoms with Crippen LogP contribution < -0.4 is 0 Å². The van der Waals surface area contributed by atoms with E-state index in [4.69, 9.17) is 5.11 Å². The lowest BCUT2D eigenvalue weighted by atomic mass is 9.92. The van der Waals surface area contributed by atoms with Crippen molar-refractivity contribution in [3.05, 3.63) is 35.4 Å². The Morgan fingerprint density at radius 2 is 2.00 bits per heavy atom. The molecule has 0 amide bonds. The van der Waals surface area contributed by atoms with Gasteiger partial charge in [-0.25, -0.2) is 0 Å². The van der Waals surface area contributed by atoms with Crippen LogP contribution in [0.15, 0.2) is 24.3 Å². The number of carboxylic acids is 1. The molecule has 1 fully saturated rings. The summed E-state index contributed by atoms with van der Waals surface area (Å²) in [6.45, 7) is 6.21. The Kier molecular flexibility index (Phi) is 4.59. The van der Waals surface area contributed by atoms with E-state index in [1.165, 1.54) is 17.5 Å². The smallest absolute Gasteiger partial charge is 0.303 e. The molecule has 19 heavy (non-hydrogen) atoms. The molecule has 3 nitrogen and oxygen atoms in total. The Morgan fingerprint density at radius 1 is 1.37 bits per heavy atom. The standard InChI is InChI=1S/C16H23NO2/c1-3-4-13-5-7-15(8-6-13)12(2)17-10-14(11-17)9-16(18)19/h5-8,12,14H,3-4,9-11H2,1-2H3,(H,18,19). The van der Waals surface area contributed by atoms with Gasteiger partial charge < -0.3 is 5.11 Å². The van der Waals surface area contributed by atoms with E-state index in [0.29, 0.717) is 18.4 Å². The number of aryl methyl sites for hydroxylation is 1. The molecule has 0 spiro atoms. The minimum absolute atomic E-state index is 0.304. The number of nitrogens with zero attached hydrogens (tertiary/aromatic N) is 1. The minimum atomic E-state index is -0.679. The summed E-state index contributed by atoms with van der Waals surface area (Å²) in [6, 6.07) is 9.23. The summed E-state index contributed by atoms with van der Waals surface area (Å²) in [7, 11) is 0. The van der Waals surface area contributed by atoms with Gasteiger partial charge in [-0.15, -0.1) is 0 Å². The van der Waals surface area contributed by atoms with Gasteiger partial charge >= 0.3 is 5.97 Å². The number of carboxylic acid groups (broad SMARTS) is 1. The fraction of sp³-hybridized carbons (Fsp3) is 0.562. The molecule has 1 aromatic carbocycles. The zero-order valence-electron chi connectivity index (χ0n) is 11.8. The zero-order chi connectivity index (χ0) is 13.8. The average Bonchev–Trinajstić information content (AvgIpc) is 2.33. The molecule has 1 N–H and O–H groups in total. The van der Waals surface area contributed by atoms with Crippen molar-refractivity contribution in [2.75, 3.05) is 13.1 Å². The van der Waals surface area contributed by atoms with Crippen molar-refractivity contribution in [3.63, 3.8) is 0 Å². The van der Waals surface area contributed by atoms with E-state index < -0.39 is 5.97 Å². The number of hydrogen-bond acceptors (Lipinski definition) is 2. The van der Waals surface area contributed by atoms with Crippen LogP contribution >= 0.6 is 0 Å². The maximum absolute atomic E-state index is 10.6. The monoisotopic (exact) mass is 261 g/mol. The van der Waals surface area contributed by atoms with Crippen molar-refractivity contribution in [1.82, 2.24) is 4.90 Å². The van der Waals surface area contributed by atoms with Crippen molar-refractivity contribution in [1.29, 1.82) is 0 Å². The summed E-state index contributed by atoms with van der Waals surface area (Å²) in [5.41, 5.74) is 2.72. The van der Waals surface area contributed by atoms with Crippen molar-refractivity contribution in [2.24, 2.45) is 5.92 Å². The highest BCUT2D eigenvalue weighted by atomic mass is 16.4. The van der Waals surface area contributed by atoms with E-state index in [9.17, 15) is 4.79 Å². The number of benzene rings is 1. The topological polar surface area (TPSA) is 40.5 Å². The SMILES string of the molecule is CCCc1ccc(C(C)N2CC(CC(=O)O)C2)cc1. The second-order valence-corrected chi connectivity index (χ2v) is 5.59. The normalized spacial score (nSPS) is 18.0. The molecule has 1 aliphatic heterocycles. The van der Waals surface area contributed by atoms with E-state index in [0.717, 1.165) is 19.5 Å². The Bertz CT molecular complexity index is 421. The predicted octanol–water partition coefficient (Wildman–Crippen LogP) is 3.11. The third-order valence-electron chi connectivity index (χ3n) is 4.00. The van der Waals surface area contributed by atoms with Crippen molar-refractivity contribution >= 4 is 5.97 Å². The highest BCUT2D eigenvalue weighted by Crippen LogP contribution is 2.30. The third-order valence-corrected chi connectivity index (χ3v) is 4.00. The molecule has 1 aliphatic rings.